The Bertz CT molecular complexity index is 639. The third-order valence-corrected chi connectivity index (χ3v) is 4.37. The summed E-state index contributed by atoms with van der Waals surface area (Å²) in [7, 11) is 1.57. The lowest BCUT2D eigenvalue weighted by atomic mass is 9.96. The minimum atomic E-state index is -0.414. The zero-order valence-electron chi connectivity index (χ0n) is 15.3. The molecule has 0 spiro atoms. The van der Waals surface area contributed by atoms with Crippen LogP contribution in [0.4, 0.5) is 0 Å². The number of nitrogens with zero attached hydrogens (tertiary/aromatic N) is 1. The van der Waals surface area contributed by atoms with Gasteiger partial charge in [-0.15, -0.1) is 0 Å². The zero-order valence-corrected chi connectivity index (χ0v) is 15.3. The molecule has 7 nitrogen and oxygen atoms in total. The average molecular weight is 362 g/mol. The Labute approximate surface area is 153 Å². The number of rotatable bonds is 7. The first-order chi connectivity index (χ1) is 12.5. The van der Waals surface area contributed by atoms with E-state index >= 15 is 0 Å². The van der Waals surface area contributed by atoms with Gasteiger partial charge in [0.2, 0.25) is 5.91 Å². The molecule has 0 bridgehead atoms. The van der Waals surface area contributed by atoms with Gasteiger partial charge in [-0.3, -0.25) is 14.4 Å². The smallest absolute Gasteiger partial charge is 0.308 e. The normalized spacial score (nSPS) is 14.8. The Morgan fingerprint density at radius 2 is 1.96 bits per heavy atom. The van der Waals surface area contributed by atoms with Crippen LogP contribution in [0.25, 0.3) is 0 Å². The Morgan fingerprint density at radius 1 is 1.23 bits per heavy atom. The molecule has 0 radical (unpaired) electrons. The van der Waals surface area contributed by atoms with Crippen LogP contribution in [-0.2, 0) is 14.3 Å². The first-order valence-corrected chi connectivity index (χ1v) is 8.83. The highest BCUT2D eigenvalue weighted by molar-refractivity contribution is 5.94. The van der Waals surface area contributed by atoms with E-state index in [4.69, 9.17) is 9.47 Å². The monoisotopic (exact) mass is 362 g/mol. The number of hydrogen-bond acceptors (Lipinski definition) is 5. The van der Waals surface area contributed by atoms with E-state index in [-0.39, 0.29) is 11.8 Å². The third-order valence-electron chi connectivity index (χ3n) is 4.37. The number of amides is 2. The van der Waals surface area contributed by atoms with Gasteiger partial charge < -0.3 is 19.7 Å². The molecule has 1 aromatic rings. The number of nitrogens with one attached hydrogen (secondary N) is 1. The van der Waals surface area contributed by atoms with Gasteiger partial charge in [-0.2, -0.15) is 0 Å². The number of carbonyl (C=O) groups is 3. The van der Waals surface area contributed by atoms with Crippen molar-refractivity contribution in [2.45, 2.75) is 26.2 Å². The molecular formula is C19H26N2O5. The van der Waals surface area contributed by atoms with Crippen LogP contribution in [0.2, 0.25) is 0 Å². The zero-order chi connectivity index (χ0) is 18.9. The molecule has 1 aromatic carbocycles. The van der Waals surface area contributed by atoms with Crippen LogP contribution < -0.4 is 10.1 Å². The number of ether oxygens (including phenoxy) is 2. The van der Waals surface area contributed by atoms with Crippen LogP contribution in [0.5, 0.6) is 5.75 Å². The molecule has 7 heteroatoms. The van der Waals surface area contributed by atoms with E-state index in [1.807, 2.05) is 0 Å². The van der Waals surface area contributed by atoms with E-state index < -0.39 is 5.97 Å². The minimum Gasteiger partial charge on any atom is -0.427 e. The SMILES string of the molecule is COCCC(=O)NCC1CCN(C(=O)c2cccc(OC(C)=O)c2)CC1. The summed E-state index contributed by atoms with van der Waals surface area (Å²) >= 11 is 0. The van der Waals surface area contributed by atoms with Gasteiger partial charge in [0.15, 0.2) is 0 Å². The molecule has 0 unspecified atom stereocenters. The maximum absolute atomic E-state index is 12.6. The van der Waals surface area contributed by atoms with Crippen molar-refractivity contribution in [3.8, 4) is 5.75 Å². The molecule has 26 heavy (non-hydrogen) atoms. The molecule has 1 heterocycles. The maximum Gasteiger partial charge on any atom is 0.308 e. The second-order valence-corrected chi connectivity index (χ2v) is 6.40. The maximum atomic E-state index is 12.6. The Hall–Kier alpha value is -2.41. The van der Waals surface area contributed by atoms with Crippen LogP contribution in [0.1, 0.15) is 36.5 Å². The van der Waals surface area contributed by atoms with Crippen molar-refractivity contribution in [1.82, 2.24) is 10.2 Å². The lowest BCUT2D eigenvalue weighted by Gasteiger charge is -2.32. The molecule has 142 valence electrons. The van der Waals surface area contributed by atoms with Gasteiger partial charge in [-0.1, -0.05) is 6.07 Å². The summed E-state index contributed by atoms with van der Waals surface area (Å²) in [6.07, 6.45) is 2.06. The second-order valence-electron chi connectivity index (χ2n) is 6.40. The molecule has 2 amide bonds. The summed E-state index contributed by atoms with van der Waals surface area (Å²) < 4.78 is 9.92. The van der Waals surface area contributed by atoms with Gasteiger partial charge in [0.1, 0.15) is 5.75 Å². The van der Waals surface area contributed by atoms with Crippen molar-refractivity contribution in [1.29, 1.82) is 0 Å². The number of likely N-dealkylation sites (tertiary alicyclic amines) is 1. The van der Waals surface area contributed by atoms with Crippen LogP contribution >= 0.6 is 0 Å². The molecule has 2 rings (SSSR count). The van der Waals surface area contributed by atoms with E-state index in [9.17, 15) is 14.4 Å². The van der Waals surface area contributed by atoms with E-state index in [1.165, 1.54) is 6.92 Å². The fraction of sp³-hybridized carbons (Fsp3) is 0.526. The number of esters is 1. The van der Waals surface area contributed by atoms with Gasteiger partial charge in [0.25, 0.3) is 5.91 Å². The molecule has 0 aliphatic carbocycles. The molecule has 0 aromatic heterocycles. The summed E-state index contributed by atoms with van der Waals surface area (Å²) in [6.45, 7) is 3.68. The lowest BCUT2D eigenvalue weighted by Crippen LogP contribution is -2.41. The molecule has 1 saturated heterocycles. The van der Waals surface area contributed by atoms with E-state index in [2.05, 4.69) is 5.32 Å². The molecule has 1 N–H and O–H groups in total. The summed E-state index contributed by atoms with van der Waals surface area (Å²) in [5, 5.41) is 2.92. The Kier molecular flexibility index (Phi) is 7.59. The van der Waals surface area contributed by atoms with Crippen LogP contribution in [0.15, 0.2) is 24.3 Å². The number of hydrogen-bond donors (Lipinski definition) is 1. The highest BCUT2D eigenvalue weighted by atomic mass is 16.5. The van der Waals surface area contributed by atoms with E-state index in [0.717, 1.165) is 12.8 Å². The Morgan fingerprint density at radius 3 is 2.62 bits per heavy atom. The predicted molar refractivity (Wildman–Crippen MR) is 95.9 cm³/mol. The molecule has 1 aliphatic rings. The highest BCUT2D eigenvalue weighted by Gasteiger charge is 2.24. The fourth-order valence-corrected chi connectivity index (χ4v) is 2.92. The quantitative estimate of drug-likeness (QED) is 0.588. The van der Waals surface area contributed by atoms with E-state index in [1.54, 1.807) is 36.3 Å². The van der Waals surface area contributed by atoms with Crippen molar-refractivity contribution >= 4 is 17.8 Å². The first kappa shape index (κ1) is 19.9. The predicted octanol–water partition coefficient (Wildman–Crippen LogP) is 1.62. The average Bonchev–Trinajstić information content (AvgIpc) is 2.64. The van der Waals surface area contributed by atoms with Crippen molar-refractivity contribution in [2.75, 3.05) is 33.4 Å². The molecule has 1 aliphatic heterocycles. The number of piperidine rings is 1. The van der Waals surface area contributed by atoms with Gasteiger partial charge in [0.05, 0.1) is 6.61 Å². The third kappa shape index (κ3) is 6.15. The largest absolute Gasteiger partial charge is 0.427 e. The summed E-state index contributed by atoms with van der Waals surface area (Å²) in [5.41, 5.74) is 0.509. The van der Waals surface area contributed by atoms with Crippen molar-refractivity contribution in [3.63, 3.8) is 0 Å². The summed E-state index contributed by atoms with van der Waals surface area (Å²) in [5.74, 6) is 0.257. The molecule has 0 saturated carbocycles. The van der Waals surface area contributed by atoms with Crippen LogP contribution in [0.3, 0.4) is 0 Å². The van der Waals surface area contributed by atoms with Gasteiger partial charge >= 0.3 is 5.97 Å². The van der Waals surface area contributed by atoms with Crippen molar-refractivity contribution in [3.05, 3.63) is 29.8 Å². The fourth-order valence-electron chi connectivity index (χ4n) is 2.92. The van der Waals surface area contributed by atoms with Gasteiger partial charge in [-0.05, 0) is 37.0 Å². The Balaban J connectivity index is 1.81. The van der Waals surface area contributed by atoms with Crippen molar-refractivity contribution < 1.29 is 23.9 Å². The standard InChI is InChI=1S/C19H26N2O5/c1-14(22)26-17-5-3-4-16(12-17)19(24)21-9-6-15(7-10-21)13-20-18(23)8-11-25-2/h3-5,12,15H,6-11,13H2,1-2H3,(H,20,23). The highest BCUT2D eigenvalue weighted by Crippen LogP contribution is 2.20. The first-order valence-electron chi connectivity index (χ1n) is 8.83. The lowest BCUT2D eigenvalue weighted by molar-refractivity contribution is -0.131. The minimum absolute atomic E-state index is 0.00681. The molecular weight excluding hydrogens is 336 g/mol. The number of carbonyl (C=O) groups excluding carboxylic acids is 3. The van der Waals surface area contributed by atoms with E-state index in [0.29, 0.717) is 49.9 Å². The summed E-state index contributed by atoms with van der Waals surface area (Å²) in [4.78, 5) is 37.1. The van der Waals surface area contributed by atoms with Gasteiger partial charge in [-0.25, -0.2) is 0 Å². The number of benzene rings is 1. The van der Waals surface area contributed by atoms with Crippen molar-refractivity contribution in [2.24, 2.45) is 5.92 Å². The summed E-state index contributed by atoms with van der Waals surface area (Å²) in [6, 6.07) is 6.66. The molecule has 0 atom stereocenters. The topological polar surface area (TPSA) is 84.9 Å². The van der Waals surface area contributed by atoms with Gasteiger partial charge in [0, 0.05) is 45.7 Å². The molecule has 1 fully saturated rings. The van der Waals surface area contributed by atoms with Crippen LogP contribution in [0, 0.1) is 5.92 Å². The second kappa shape index (κ2) is 9.91. The number of methoxy groups -OCH3 is 1. The van der Waals surface area contributed by atoms with Crippen LogP contribution in [-0.4, -0.2) is 56.0 Å².